The maximum Gasteiger partial charge on any atom is 0.248 e. The van der Waals surface area contributed by atoms with Crippen molar-refractivity contribution >= 4 is 11.8 Å². The molecule has 1 saturated heterocycles. The molecule has 2 unspecified atom stereocenters. The van der Waals surface area contributed by atoms with Gasteiger partial charge in [-0.2, -0.15) is 0 Å². The van der Waals surface area contributed by atoms with Gasteiger partial charge in [0, 0.05) is 13.0 Å². The number of halogens is 1. The lowest BCUT2D eigenvalue weighted by Gasteiger charge is -2.44. The topological polar surface area (TPSA) is 49.4 Å². The van der Waals surface area contributed by atoms with Crippen molar-refractivity contribution < 1.29 is 14.0 Å². The van der Waals surface area contributed by atoms with Crippen molar-refractivity contribution in [2.75, 3.05) is 13.2 Å². The molecule has 1 aliphatic heterocycles. The van der Waals surface area contributed by atoms with Gasteiger partial charge in [-0.3, -0.25) is 9.59 Å². The van der Waals surface area contributed by atoms with Crippen molar-refractivity contribution in [2.45, 2.75) is 38.3 Å². The molecule has 1 aromatic carbocycles. The fourth-order valence-electron chi connectivity index (χ4n) is 2.64. The van der Waals surface area contributed by atoms with Crippen LogP contribution < -0.4 is 5.32 Å². The summed E-state index contributed by atoms with van der Waals surface area (Å²) >= 11 is 0. The number of amides is 2. The number of nitrogens with one attached hydrogen (secondary N) is 1. The van der Waals surface area contributed by atoms with Gasteiger partial charge in [0.25, 0.3) is 0 Å². The van der Waals surface area contributed by atoms with E-state index in [0.717, 1.165) is 5.56 Å². The molecule has 21 heavy (non-hydrogen) atoms. The minimum atomic E-state index is -0.931. The molecule has 1 aliphatic rings. The standard InChI is InChI=1S/C16H21FN2O2/c1-3-16(2)15(21)19(10-9-17)13(14(20)18-16)11-12-7-5-4-6-8-12/h4-8,13H,3,9-11H2,1-2H3,(H,18,20). The smallest absolute Gasteiger partial charge is 0.248 e. The summed E-state index contributed by atoms with van der Waals surface area (Å²) < 4.78 is 12.8. The molecule has 2 rings (SSSR count). The van der Waals surface area contributed by atoms with Crippen LogP contribution in [-0.2, 0) is 16.0 Å². The summed E-state index contributed by atoms with van der Waals surface area (Å²) in [5.74, 6) is -0.417. The van der Waals surface area contributed by atoms with Gasteiger partial charge in [-0.05, 0) is 18.9 Å². The molecule has 0 aromatic heterocycles. The Hall–Kier alpha value is -1.91. The van der Waals surface area contributed by atoms with E-state index in [0.29, 0.717) is 12.8 Å². The lowest BCUT2D eigenvalue weighted by molar-refractivity contribution is -0.154. The predicted octanol–water partition coefficient (Wildman–Crippen LogP) is 1.69. The molecule has 2 atom stereocenters. The highest BCUT2D eigenvalue weighted by atomic mass is 19.1. The molecule has 1 N–H and O–H groups in total. The Balaban J connectivity index is 2.26. The quantitative estimate of drug-likeness (QED) is 0.898. The first-order chi connectivity index (χ1) is 10.0. The summed E-state index contributed by atoms with van der Waals surface area (Å²) in [5.41, 5.74) is 0.0220. The highest BCUT2D eigenvalue weighted by Crippen LogP contribution is 2.23. The van der Waals surface area contributed by atoms with Gasteiger partial charge in [-0.15, -0.1) is 0 Å². The average Bonchev–Trinajstić information content (AvgIpc) is 2.49. The Labute approximate surface area is 124 Å². The summed E-state index contributed by atoms with van der Waals surface area (Å²) in [6, 6.07) is 8.82. The van der Waals surface area contributed by atoms with Crippen LogP contribution in [-0.4, -0.2) is 41.5 Å². The maximum atomic E-state index is 12.8. The van der Waals surface area contributed by atoms with Crippen LogP contribution >= 0.6 is 0 Å². The van der Waals surface area contributed by atoms with Gasteiger partial charge >= 0.3 is 0 Å². The third kappa shape index (κ3) is 3.06. The molecule has 4 nitrogen and oxygen atoms in total. The van der Waals surface area contributed by atoms with Crippen LogP contribution in [0.2, 0.25) is 0 Å². The van der Waals surface area contributed by atoms with Crippen molar-refractivity contribution in [1.29, 1.82) is 0 Å². The number of nitrogens with zero attached hydrogens (tertiary/aromatic N) is 1. The van der Waals surface area contributed by atoms with Crippen LogP contribution in [0.15, 0.2) is 30.3 Å². The van der Waals surface area contributed by atoms with Gasteiger partial charge < -0.3 is 10.2 Å². The lowest BCUT2D eigenvalue weighted by atomic mass is 9.90. The Morgan fingerprint density at radius 2 is 1.95 bits per heavy atom. The Morgan fingerprint density at radius 1 is 1.29 bits per heavy atom. The lowest BCUT2D eigenvalue weighted by Crippen LogP contribution is -2.69. The van der Waals surface area contributed by atoms with Crippen LogP contribution in [0.1, 0.15) is 25.8 Å². The van der Waals surface area contributed by atoms with Gasteiger partial charge in [0.2, 0.25) is 11.8 Å². The number of hydrogen-bond acceptors (Lipinski definition) is 2. The van der Waals surface area contributed by atoms with Crippen LogP contribution in [0, 0.1) is 0 Å². The monoisotopic (exact) mass is 292 g/mol. The Kier molecular flexibility index (Phi) is 4.60. The van der Waals surface area contributed by atoms with Crippen LogP contribution in [0.5, 0.6) is 0 Å². The molecule has 1 heterocycles. The Bertz CT molecular complexity index is 520. The molecule has 0 radical (unpaired) electrons. The van der Waals surface area contributed by atoms with E-state index >= 15 is 0 Å². The second-order valence-electron chi connectivity index (χ2n) is 5.57. The molecule has 0 saturated carbocycles. The number of rotatable bonds is 5. The SMILES string of the molecule is CCC1(C)NC(=O)C(Cc2ccccc2)N(CCF)C1=O. The van der Waals surface area contributed by atoms with Gasteiger partial charge in [-0.1, -0.05) is 37.3 Å². The van der Waals surface area contributed by atoms with Crippen LogP contribution in [0.25, 0.3) is 0 Å². The van der Waals surface area contributed by atoms with Crippen LogP contribution in [0.4, 0.5) is 4.39 Å². The van der Waals surface area contributed by atoms with Crippen LogP contribution in [0.3, 0.4) is 0 Å². The van der Waals surface area contributed by atoms with Gasteiger partial charge in [0.1, 0.15) is 18.3 Å². The summed E-state index contributed by atoms with van der Waals surface area (Å²) in [6.07, 6.45) is 0.886. The van der Waals surface area contributed by atoms with Crippen molar-refractivity contribution in [1.82, 2.24) is 10.2 Å². The van der Waals surface area contributed by atoms with E-state index in [1.54, 1.807) is 6.92 Å². The van der Waals surface area contributed by atoms with E-state index in [1.807, 2.05) is 37.3 Å². The molecule has 5 heteroatoms. The number of carbonyl (C=O) groups excluding carboxylic acids is 2. The van der Waals surface area contributed by atoms with Crippen molar-refractivity contribution in [3.05, 3.63) is 35.9 Å². The van der Waals surface area contributed by atoms with Crippen molar-refractivity contribution in [3.8, 4) is 0 Å². The molecule has 1 aromatic rings. The number of carbonyl (C=O) groups is 2. The zero-order valence-electron chi connectivity index (χ0n) is 12.4. The third-order valence-electron chi connectivity index (χ3n) is 4.12. The van der Waals surface area contributed by atoms with Crippen molar-refractivity contribution in [2.24, 2.45) is 0 Å². The first kappa shape index (κ1) is 15.5. The van der Waals surface area contributed by atoms with Gasteiger partial charge in [0.15, 0.2) is 0 Å². The highest BCUT2D eigenvalue weighted by Gasteiger charge is 2.46. The predicted molar refractivity (Wildman–Crippen MR) is 78.5 cm³/mol. The molecule has 0 aliphatic carbocycles. The zero-order chi connectivity index (χ0) is 15.5. The molecular formula is C16H21FN2O2. The minimum Gasteiger partial charge on any atom is -0.340 e. The average molecular weight is 292 g/mol. The number of alkyl halides is 1. The fraction of sp³-hybridized carbons (Fsp3) is 0.500. The molecule has 1 fully saturated rings. The largest absolute Gasteiger partial charge is 0.340 e. The fourth-order valence-corrected chi connectivity index (χ4v) is 2.64. The van der Waals surface area contributed by atoms with E-state index in [1.165, 1.54) is 4.90 Å². The van der Waals surface area contributed by atoms with E-state index in [4.69, 9.17) is 0 Å². The highest BCUT2D eigenvalue weighted by molar-refractivity contribution is 5.99. The molecule has 0 bridgehead atoms. The van der Waals surface area contributed by atoms with E-state index < -0.39 is 18.3 Å². The van der Waals surface area contributed by atoms with E-state index in [9.17, 15) is 14.0 Å². The number of benzene rings is 1. The third-order valence-corrected chi connectivity index (χ3v) is 4.12. The summed E-state index contributed by atoms with van der Waals surface area (Å²) in [5, 5.41) is 2.80. The summed E-state index contributed by atoms with van der Waals surface area (Å²) in [4.78, 5) is 26.3. The van der Waals surface area contributed by atoms with Gasteiger partial charge in [-0.25, -0.2) is 4.39 Å². The van der Waals surface area contributed by atoms with Crippen molar-refractivity contribution in [3.63, 3.8) is 0 Å². The van der Waals surface area contributed by atoms with E-state index in [-0.39, 0.29) is 18.4 Å². The summed E-state index contributed by atoms with van der Waals surface area (Å²) in [6.45, 7) is 2.84. The Morgan fingerprint density at radius 3 is 2.52 bits per heavy atom. The van der Waals surface area contributed by atoms with E-state index in [2.05, 4.69) is 5.32 Å². The normalized spacial score (nSPS) is 25.9. The zero-order valence-corrected chi connectivity index (χ0v) is 12.4. The molecular weight excluding hydrogens is 271 g/mol. The minimum absolute atomic E-state index is 0.0423. The number of hydrogen-bond donors (Lipinski definition) is 1. The molecule has 2 amide bonds. The first-order valence-electron chi connectivity index (χ1n) is 7.25. The second-order valence-corrected chi connectivity index (χ2v) is 5.57. The number of piperazine rings is 1. The second kappa shape index (κ2) is 6.24. The molecule has 0 spiro atoms. The molecule has 114 valence electrons. The summed E-state index contributed by atoms with van der Waals surface area (Å²) in [7, 11) is 0. The first-order valence-corrected chi connectivity index (χ1v) is 7.25. The maximum absolute atomic E-state index is 12.8. The van der Waals surface area contributed by atoms with Gasteiger partial charge in [0.05, 0.1) is 0 Å².